The molecule has 26 heavy (non-hydrogen) atoms. The molecule has 0 aromatic heterocycles. The van der Waals surface area contributed by atoms with Crippen molar-refractivity contribution in [3.8, 4) is 0 Å². The van der Waals surface area contributed by atoms with Gasteiger partial charge in [-0.05, 0) is 48.2 Å². The van der Waals surface area contributed by atoms with Crippen molar-refractivity contribution in [3.63, 3.8) is 0 Å². The van der Waals surface area contributed by atoms with Gasteiger partial charge in [0.05, 0.1) is 0 Å². The fourth-order valence-corrected chi connectivity index (χ4v) is 3.22. The van der Waals surface area contributed by atoms with E-state index in [9.17, 15) is 4.79 Å². The van der Waals surface area contributed by atoms with Gasteiger partial charge in [0.15, 0.2) is 5.96 Å². The Morgan fingerprint density at radius 3 is 2.62 bits per heavy atom. The number of benzene rings is 2. The van der Waals surface area contributed by atoms with Gasteiger partial charge in [0, 0.05) is 36.1 Å². The number of carbonyl (C=O) groups excluding carboxylic acids is 1. The van der Waals surface area contributed by atoms with Crippen molar-refractivity contribution in [1.82, 2.24) is 10.6 Å². The van der Waals surface area contributed by atoms with Crippen molar-refractivity contribution in [2.75, 3.05) is 13.6 Å². The Morgan fingerprint density at radius 2 is 1.96 bits per heavy atom. The van der Waals surface area contributed by atoms with E-state index in [2.05, 4.69) is 21.7 Å². The summed E-state index contributed by atoms with van der Waals surface area (Å²) >= 11 is 6.13. The van der Waals surface area contributed by atoms with E-state index in [1.807, 2.05) is 30.3 Å². The first kappa shape index (κ1) is 18.3. The first-order chi connectivity index (χ1) is 12.5. The summed E-state index contributed by atoms with van der Waals surface area (Å²) in [7, 11) is 1.74. The Balaban J connectivity index is 1.57. The molecule has 136 valence electrons. The zero-order valence-corrected chi connectivity index (χ0v) is 15.5. The molecule has 5 nitrogen and oxygen atoms in total. The summed E-state index contributed by atoms with van der Waals surface area (Å²) in [5.41, 5.74) is 8.20. The second kappa shape index (κ2) is 7.79. The van der Waals surface area contributed by atoms with Crippen LogP contribution in [0.5, 0.6) is 0 Å². The number of carbonyl (C=O) groups is 1. The van der Waals surface area contributed by atoms with Crippen molar-refractivity contribution in [2.45, 2.75) is 24.8 Å². The van der Waals surface area contributed by atoms with E-state index in [1.54, 1.807) is 19.2 Å². The highest BCUT2D eigenvalue weighted by molar-refractivity contribution is 6.30. The Labute approximate surface area is 158 Å². The van der Waals surface area contributed by atoms with Crippen LogP contribution in [0.1, 0.15) is 34.3 Å². The Hall–Kier alpha value is -2.53. The molecule has 0 heterocycles. The highest BCUT2D eigenvalue weighted by Crippen LogP contribution is 2.48. The summed E-state index contributed by atoms with van der Waals surface area (Å²) in [5.74, 6) is 0.300. The average Bonchev–Trinajstić information content (AvgIpc) is 3.43. The van der Waals surface area contributed by atoms with Gasteiger partial charge in [-0.15, -0.1) is 0 Å². The molecule has 6 heteroatoms. The standard InChI is InChI=1S/C20H23ClN4O/c1-23-19(24-12-14-4-2-5-15(10-14)18(22)26)25-13-20(8-9-20)16-6-3-7-17(21)11-16/h2-7,10-11H,8-9,12-13H2,1H3,(H2,22,26)(H2,23,24,25). The van der Waals surface area contributed by atoms with Gasteiger partial charge in [-0.1, -0.05) is 35.9 Å². The molecular weight excluding hydrogens is 348 g/mol. The van der Waals surface area contributed by atoms with Gasteiger partial charge >= 0.3 is 0 Å². The van der Waals surface area contributed by atoms with Crippen molar-refractivity contribution < 1.29 is 4.79 Å². The van der Waals surface area contributed by atoms with E-state index in [-0.39, 0.29) is 5.41 Å². The molecule has 1 amide bonds. The lowest BCUT2D eigenvalue weighted by Gasteiger charge is -2.19. The van der Waals surface area contributed by atoms with Crippen LogP contribution in [0, 0.1) is 0 Å². The molecule has 1 aliphatic carbocycles. The van der Waals surface area contributed by atoms with E-state index in [0.29, 0.717) is 12.1 Å². The zero-order chi connectivity index (χ0) is 18.6. The number of amides is 1. The maximum atomic E-state index is 11.3. The minimum Gasteiger partial charge on any atom is -0.366 e. The Morgan fingerprint density at radius 1 is 1.19 bits per heavy atom. The lowest BCUT2D eigenvalue weighted by molar-refractivity contribution is 0.1000. The predicted octanol–water partition coefficient (Wildman–Crippen LogP) is 2.84. The van der Waals surface area contributed by atoms with Gasteiger partial charge in [-0.3, -0.25) is 9.79 Å². The lowest BCUT2D eigenvalue weighted by Crippen LogP contribution is -2.40. The van der Waals surface area contributed by atoms with Gasteiger partial charge in [0.2, 0.25) is 5.91 Å². The molecule has 3 rings (SSSR count). The summed E-state index contributed by atoms with van der Waals surface area (Å²) in [6, 6.07) is 15.3. The molecule has 2 aromatic carbocycles. The number of hydrogen-bond donors (Lipinski definition) is 3. The third-order valence-corrected chi connectivity index (χ3v) is 5.01. The monoisotopic (exact) mass is 370 g/mol. The summed E-state index contributed by atoms with van der Waals surface area (Å²) in [5, 5.41) is 7.45. The zero-order valence-electron chi connectivity index (χ0n) is 14.8. The van der Waals surface area contributed by atoms with Crippen molar-refractivity contribution in [3.05, 3.63) is 70.2 Å². The number of guanidine groups is 1. The molecule has 0 unspecified atom stereocenters. The van der Waals surface area contributed by atoms with E-state index < -0.39 is 5.91 Å². The molecule has 4 N–H and O–H groups in total. The van der Waals surface area contributed by atoms with Gasteiger partial charge in [0.25, 0.3) is 0 Å². The number of nitrogens with one attached hydrogen (secondary N) is 2. The fourth-order valence-electron chi connectivity index (χ4n) is 3.03. The van der Waals surface area contributed by atoms with Gasteiger partial charge in [0.1, 0.15) is 0 Å². The number of primary amides is 1. The average molecular weight is 371 g/mol. The summed E-state index contributed by atoms with van der Waals surface area (Å²) < 4.78 is 0. The van der Waals surface area contributed by atoms with Crippen LogP contribution in [0.4, 0.5) is 0 Å². The minimum atomic E-state index is -0.424. The smallest absolute Gasteiger partial charge is 0.248 e. The first-order valence-corrected chi connectivity index (χ1v) is 8.99. The quantitative estimate of drug-likeness (QED) is 0.540. The molecule has 1 aliphatic rings. The minimum absolute atomic E-state index is 0.133. The second-order valence-electron chi connectivity index (χ2n) is 6.63. The molecule has 0 atom stereocenters. The van der Waals surface area contributed by atoms with E-state index >= 15 is 0 Å². The number of aliphatic imine (C=N–C) groups is 1. The molecule has 2 aromatic rings. The largest absolute Gasteiger partial charge is 0.366 e. The molecular formula is C20H23ClN4O. The fraction of sp³-hybridized carbons (Fsp3) is 0.300. The summed E-state index contributed by atoms with van der Waals surface area (Å²) in [6.45, 7) is 1.36. The maximum Gasteiger partial charge on any atom is 0.248 e. The van der Waals surface area contributed by atoms with E-state index in [0.717, 1.165) is 35.9 Å². The van der Waals surface area contributed by atoms with E-state index in [4.69, 9.17) is 17.3 Å². The molecule has 0 saturated heterocycles. The highest BCUT2D eigenvalue weighted by Gasteiger charge is 2.44. The van der Waals surface area contributed by atoms with Crippen LogP contribution in [0.25, 0.3) is 0 Å². The van der Waals surface area contributed by atoms with Crippen LogP contribution in [0.3, 0.4) is 0 Å². The van der Waals surface area contributed by atoms with Crippen molar-refractivity contribution in [2.24, 2.45) is 10.7 Å². The molecule has 0 radical (unpaired) electrons. The number of halogens is 1. The van der Waals surface area contributed by atoms with Crippen LogP contribution >= 0.6 is 11.6 Å². The highest BCUT2D eigenvalue weighted by atomic mass is 35.5. The van der Waals surface area contributed by atoms with Crippen molar-refractivity contribution in [1.29, 1.82) is 0 Å². The first-order valence-electron chi connectivity index (χ1n) is 8.62. The maximum absolute atomic E-state index is 11.3. The number of hydrogen-bond acceptors (Lipinski definition) is 2. The van der Waals surface area contributed by atoms with Crippen LogP contribution < -0.4 is 16.4 Å². The Bertz CT molecular complexity index is 830. The van der Waals surface area contributed by atoms with Gasteiger partial charge in [-0.2, -0.15) is 0 Å². The van der Waals surface area contributed by atoms with E-state index in [1.165, 1.54) is 5.56 Å². The second-order valence-corrected chi connectivity index (χ2v) is 7.07. The summed E-state index contributed by atoms with van der Waals surface area (Å²) in [4.78, 5) is 15.6. The number of nitrogens with zero attached hydrogens (tertiary/aromatic N) is 1. The van der Waals surface area contributed by atoms with Crippen LogP contribution in [-0.2, 0) is 12.0 Å². The third kappa shape index (κ3) is 4.35. The summed E-state index contributed by atoms with van der Waals surface area (Å²) in [6.07, 6.45) is 2.27. The van der Waals surface area contributed by atoms with Crippen molar-refractivity contribution >= 4 is 23.5 Å². The van der Waals surface area contributed by atoms with Crippen LogP contribution in [0.15, 0.2) is 53.5 Å². The predicted molar refractivity (Wildman–Crippen MR) is 106 cm³/mol. The molecule has 1 fully saturated rings. The lowest BCUT2D eigenvalue weighted by atomic mass is 9.96. The van der Waals surface area contributed by atoms with Crippen LogP contribution in [-0.4, -0.2) is 25.5 Å². The SMILES string of the molecule is CN=C(NCc1cccc(C(N)=O)c1)NCC1(c2cccc(Cl)c2)CC1. The molecule has 1 saturated carbocycles. The molecule has 0 aliphatic heterocycles. The number of rotatable bonds is 6. The number of nitrogens with two attached hydrogens (primary N) is 1. The third-order valence-electron chi connectivity index (χ3n) is 4.78. The molecule has 0 spiro atoms. The van der Waals surface area contributed by atoms with Crippen LogP contribution in [0.2, 0.25) is 5.02 Å². The van der Waals surface area contributed by atoms with Gasteiger partial charge in [-0.25, -0.2) is 0 Å². The van der Waals surface area contributed by atoms with Gasteiger partial charge < -0.3 is 16.4 Å². The topological polar surface area (TPSA) is 79.5 Å². The normalized spacial score (nSPS) is 15.4. The molecule has 0 bridgehead atoms. The Kier molecular flexibility index (Phi) is 5.47.